The lowest BCUT2D eigenvalue weighted by atomic mass is 9.92. The normalized spacial score (nSPS) is 22.2. The zero-order chi connectivity index (χ0) is 14.7. The van der Waals surface area contributed by atoms with Gasteiger partial charge in [0.15, 0.2) is 0 Å². The predicted octanol–water partition coefficient (Wildman–Crippen LogP) is 3.46. The van der Waals surface area contributed by atoms with E-state index in [9.17, 15) is 0 Å². The SMILES string of the molecule is Cc1ccnc(NC[C@@H]2CCCO[C@H]2c2ccn[nH]2)c1Br. The molecule has 0 aromatic carbocycles. The number of hydrogen-bond acceptors (Lipinski definition) is 4. The number of nitrogens with zero attached hydrogens (tertiary/aromatic N) is 2. The summed E-state index contributed by atoms with van der Waals surface area (Å²) < 4.78 is 6.96. The van der Waals surface area contributed by atoms with Gasteiger partial charge < -0.3 is 10.1 Å². The van der Waals surface area contributed by atoms with Crippen LogP contribution in [-0.4, -0.2) is 28.3 Å². The molecule has 3 rings (SSSR count). The van der Waals surface area contributed by atoms with Crippen molar-refractivity contribution < 1.29 is 4.74 Å². The molecule has 2 N–H and O–H groups in total. The molecular weight excluding hydrogens is 332 g/mol. The molecule has 0 radical (unpaired) electrons. The molecule has 0 spiro atoms. The molecule has 21 heavy (non-hydrogen) atoms. The third kappa shape index (κ3) is 3.27. The van der Waals surface area contributed by atoms with Crippen molar-refractivity contribution in [3.63, 3.8) is 0 Å². The standard InChI is InChI=1S/C15H19BrN4O/c1-10-4-6-17-15(13(10)16)18-9-11-3-2-8-21-14(11)12-5-7-19-20-12/h4-7,11,14H,2-3,8-9H2,1H3,(H,17,18)(H,19,20)/t11-,14+/m0/s1. The molecule has 5 nitrogen and oxygen atoms in total. The van der Waals surface area contributed by atoms with Gasteiger partial charge in [-0.2, -0.15) is 5.10 Å². The van der Waals surface area contributed by atoms with Crippen molar-refractivity contribution in [3.05, 3.63) is 40.3 Å². The van der Waals surface area contributed by atoms with Crippen molar-refractivity contribution in [1.29, 1.82) is 0 Å². The molecule has 0 saturated carbocycles. The van der Waals surface area contributed by atoms with Crippen LogP contribution in [0.3, 0.4) is 0 Å². The third-order valence-electron chi connectivity index (χ3n) is 3.89. The predicted molar refractivity (Wildman–Crippen MR) is 85.2 cm³/mol. The smallest absolute Gasteiger partial charge is 0.140 e. The Morgan fingerprint density at radius 2 is 2.33 bits per heavy atom. The number of aryl methyl sites for hydroxylation is 1. The third-order valence-corrected chi connectivity index (χ3v) is 4.89. The Bertz CT molecular complexity index is 587. The van der Waals surface area contributed by atoms with E-state index < -0.39 is 0 Å². The highest BCUT2D eigenvalue weighted by Crippen LogP contribution is 2.33. The van der Waals surface area contributed by atoms with Crippen molar-refractivity contribution >= 4 is 21.7 Å². The van der Waals surface area contributed by atoms with Crippen LogP contribution in [0.4, 0.5) is 5.82 Å². The van der Waals surface area contributed by atoms with Crippen LogP contribution in [-0.2, 0) is 4.74 Å². The molecule has 1 saturated heterocycles. The van der Waals surface area contributed by atoms with Crippen molar-refractivity contribution in [2.24, 2.45) is 5.92 Å². The van der Waals surface area contributed by atoms with E-state index in [4.69, 9.17) is 4.74 Å². The fraction of sp³-hybridized carbons (Fsp3) is 0.467. The van der Waals surface area contributed by atoms with E-state index in [1.165, 1.54) is 5.56 Å². The Kier molecular flexibility index (Phi) is 4.55. The summed E-state index contributed by atoms with van der Waals surface area (Å²) in [7, 11) is 0. The van der Waals surface area contributed by atoms with E-state index >= 15 is 0 Å². The molecule has 1 aliphatic heterocycles. The summed E-state index contributed by atoms with van der Waals surface area (Å²) in [5, 5.41) is 10.5. The maximum Gasteiger partial charge on any atom is 0.140 e. The van der Waals surface area contributed by atoms with Crippen molar-refractivity contribution in [1.82, 2.24) is 15.2 Å². The molecule has 1 aliphatic rings. The number of pyridine rings is 1. The summed E-state index contributed by atoms with van der Waals surface area (Å²) in [6.07, 6.45) is 5.92. The first-order chi connectivity index (χ1) is 10.3. The van der Waals surface area contributed by atoms with Crippen LogP contribution in [0.15, 0.2) is 29.0 Å². The van der Waals surface area contributed by atoms with Crippen LogP contribution >= 0.6 is 15.9 Å². The van der Waals surface area contributed by atoms with Gasteiger partial charge in [0.25, 0.3) is 0 Å². The second kappa shape index (κ2) is 6.58. The molecule has 6 heteroatoms. The number of nitrogens with one attached hydrogen (secondary N) is 2. The minimum Gasteiger partial charge on any atom is -0.372 e. The monoisotopic (exact) mass is 350 g/mol. The van der Waals surface area contributed by atoms with Gasteiger partial charge in [-0.25, -0.2) is 4.98 Å². The Morgan fingerprint density at radius 3 is 3.14 bits per heavy atom. The topological polar surface area (TPSA) is 62.8 Å². The number of ether oxygens (including phenoxy) is 1. The minimum absolute atomic E-state index is 0.0809. The Labute approximate surface area is 132 Å². The first-order valence-electron chi connectivity index (χ1n) is 7.21. The number of hydrogen-bond donors (Lipinski definition) is 2. The van der Waals surface area contributed by atoms with E-state index in [0.29, 0.717) is 5.92 Å². The molecule has 2 aromatic heterocycles. The van der Waals surface area contributed by atoms with Crippen LogP contribution in [0.25, 0.3) is 0 Å². The zero-order valence-electron chi connectivity index (χ0n) is 12.0. The minimum atomic E-state index is 0.0809. The van der Waals surface area contributed by atoms with E-state index in [0.717, 1.165) is 42.0 Å². The van der Waals surface area contributed by atoms with Gasteiger partial charge in [-0.15, -0.1) is 0 Å². The Balaban J connectivity index is 1.69. The van der Waals surface area contributed by atoms with E-state index in [1.54, 1.807) is 6.20 Å². The van der Waals surface area contributed by atoms with Crippen LogP contribution in [0.1, 0.15) is 30.2 Å². The lowest BCUT2D eigenvalue weighted by Crippen LogP contribution is -2.28. The lowest BCUT2D eigenvalue weighted by molar-refractivity contribution is -0.0264. The van der Waals surface area contributed by atoms with Crippen molar-refractivity contribution in [2.75, 3.05) is 18.5 Å². The summed E-state index contributed by atoms with van der Waals surface area (Å²) in [6, 6.07) is 3.98. The van der Waals surface area contributed by atoms with Gasteiger partial charge >= 0.3 is 0 Å². The largest absolute Gasteiger partial charge is 0.372 e. The van der Waals surface area contributed by atoms with Gasteiger partial charge in [-0.3, -0.25) is 5.10 Å². The summed E-state index contributed by atoms with van der Waals surface area (Å²) >= 11 is 3.59. The molecule has 112 valence electrons. The van der Waals surface area contributed by atoms with Gasteiger partial charge in [0.1, 0.15) is 11.9 Å². The molecule has 1 fully saturated rings. The molecule has 3 heterocycles. The first-order valence-corrected chi connectivity index (χ1v) is 8.01. The highest BCUT2D eigenvalue weighted by atomic mass is 79.9. The molecule has 2 aromatic rings. The van der Waals surface area contributed by atoms with Crippen LogP contribution in [0.2, 0.25) is 0 Å². The van der Waals surface area contributed by atoms with Gasteiger partial charge in [0, 0.05) is 31.5 Å². The summed E-state index contributed by atoms with van der Waals surface area (Å²) in [5.74, 6) is 1.30. The molecule has 0 unspecified atom stereocenters. The number of aromatic amines is 1. The van der Waals surface area contributed by atoms with E-state index in [-0.39, 0.29) is 6.10 Å². The molecule has 0 bridgehead atoms. The molecule has 2 atom stereocenters. The zero-order valence-corrected chi connectivity index (χ0v) is 13.6. The van der Waals surface area contributed by atoms with E-state index in [1.807, 2.05) is 18.3 Å². The molecular formula is C15H19BrN4O. The number of rotatable bonds is 4. The fourth-order valence-electron chi connectivity index (χ4n) is 2.71. The number of aromatic nitrogens is 3. The number of anilines is 1. The highest BCUT2D eigenvalue weighted by Gasteiger charge is 2.28. The lowest BCUT2D eigenvalue weighted by Gasteiger charge is -2.31. The number of halogens is 1. The van der Waals surface area contributed by atoms with Gasteiger partial charge in [0.05, 0.1) is 10.2 Å². The van der Waals surface area contributed by atoms with Crippen molar-refractivity contribution in [2.45, 2.75) is 25.9 Å². The summed E-state index contributed by atoms with van der Waals surface area (Å²) in [5.41, 5.74) is 2.23. The average molecular weight is 351 g/mol. The Morgan fingerprint density at radius 1 is 1.43 bits per heavy atom. The average Bonchev–Trinajstić information content (AvgIpc) is 3.03. The second-order valence-electron chi connectivity index (χ2n) is 5.38. The maximum atomic E-state index is 5.93. The number of H-pyrrole nitrogens is 1. The van der Waals surface area contributed by atoms with Crippen LogP contribution < -0.4 is 5.32 Å². The van der Waals surface area contributed by atoms with Crippen LogP contribution in [0, 0.1) is 12.8 Å². The van der Waals surface area contributed by atoms with Gasteiger partial charge in [0.2, 0.25) is 0 Å². The molecule has 0 amide bonds. The quantitative estimate of drug-likeness (QED) is 0.886. The van der Waals surface area contributed by atoms with Crippen molar-refractivity contribution in [3.8, 4) is 0 Å². The Hall–Kier alpha value is -1.40. The van der Waals surface area contributed by atoms with Gasteiger partial charge in [-0.05, 0) is 53.4 Å². The van der Waals surface area contributed by atoms with Crippen LogP contribution in [0.5, 0.6) is 0 Å². The first kappa shape index (κ1) is 14.5. The highest BCUT2D eigenvalue weighted by molar-refractivity contribution is 9.10. The fourth-order valence-corrected chi connectivity index (χ4v) is 3.09. The summed E-state index contributed by atoms with van der Waals surface area (Å²) in [6.45, 7) is 3.71. The summed E-state index contributed by atoms with van der Waals surface area (Å²) in [4.78, 5) is 4.39. The molecule has 0 aliphatic carbocycles. The van der Waals surface area contributed by atoms with Gasteiger partial charge in [-0.1, -0.05) is 0 Å². The second-order valence-corrected chi connectivity index (χ2v) is 6.17. The van der Waals surface area contributed by atoms with E-state index in [2.05, 4.69) is 43.4 Å². The maximum absolute atomic E-state index is 5.93.